The molecule has 7 N–H and O–H groups in total. The lowest BCUT2D eigenvalue weighted by atomic mass is 10.1. The van der Waals surface area contributed by atoms with Crippen molar-refractivity contribution in [1.29, 1.82) is 0 Å². The highest BCUT2D eigenvalue weighted by molar-refractivity contribution is 7.98. The summed E-state index contributed by atoms with van der Waals surface area (Å²) in [4.78, 5) is 61.7. The first-order chi connectivity index (χ1) is 15.0. The van der Waals surface area contributed by atoms with Crippen LogP contribution in [-0.2, 0) is 24.0 Å². The lowest BCUT2D eigenvalue weighted by Gasteiger charge is -2.29. The summed E-state index contributed by atoms with van der Waals surface area (Å²) in [5.74, 6) is -4.01. The molecule has 1 aliphatic rings. The Labute approximate surface area is 190 Å². The van der Waals surface area contributed by atoms with E-state index in [2.05, 4.69) is 10.6 Å². The summed E-state index contributed by atoms with van der Waals surface area (Å²) in [7, 11) is 0. The molecule has 1 rings (SSSR count). The van der Waals surface area contributed by atoms with Gasteiger partial charge in [0.2, 0.25) is 17.7 Å². The van der Waals surface area contributed by atoms with Crippen LogP contribution in [0.5, 0.6) is 0 Å². The summed E-state index contributed by atoms with van der Waals surface area (Å²) in [6, 6.07) is -4.64. The van der Waals surface area contributed by atoms with Crippen molar-refractivity contribution in [3.8, 4) is 0 Å². The highest BCUT2D eigenvalue weighted by Crippen LogP contribution is 2.20. The molecule has 182 valence electrons. The van der Waals surface area contributed by atoms with Crippen LogP contribution >= 0.6 is 11.8 Å². The standard InChI is InChI=1S/C19H32N4O8S/c1-10(24)15(20)17(28)21-11(7-9-32-2)16(27)22-12(5-6-14(25)26)18(29)23-8-3-4-13(23)19(30)31/h10-13,15,24H,3-9,20H2,1-2H3,(H,21,28)(H,22,27)(H,25,26)(H,30,31). The average Bonchev–Trinajstić information content (AvgIpc) is 3.22. The highest BCUT2D eigenvalue weighted by Gasteiger charge is 2.38. The molecule has 0 aromatic rings. The zero-order valence-electron chi connectivity index (χ0n) is 18.2. The molecule has 5 unspecified atom stereocenters. The van der Waals surface area contributed by atoms with Gasteiger partial charge in [-0.2, -0.15) is 11.8 Å². The molecule has 5 atom stereocenters. The van der Waals surface area contributed by atoms with Crippen LogP contribution in [0, 0.1) is 0 Å². The van der Waals surface area contributed by atoms with Crippen LogP contribution in [-0.4, -0.2) is 98.7 Å². The molecule has 0 radical (unpaired) electrons. The summed E-state index contributed by atoms with van der Waals surface area (Å²) in [6.45, 7) is 1.52. The number of hydrogen-bond acceptors (Lipinski definition) is 8. The number of amides is 3. The number of aliphatic carboxylic acids is 2. The number of carboxylic acids is 2. The van der Waals surface area contributed by atoms with Crippen LogP contribution in [0.2, 0.25) is 0 Å². The van der Waals surface area contributed by atoms with E-state index in [0.717, 1.165) is 4.90 Å². The van der Waals surface area contributed by atoms with Gasteiger partial charge in [-0.15, -0.1) is 0 Å². The van der Waals surface area contributed by atoms with Gasteiger partial charge >= 0.3 is 11.9 Å². The van der Waals surface area contributed by atoms with E-state index in [-0.39, 0.29) is 25.8 Å². The third kappa shape index (κ3) is 8.28. The first-order valence-electron chi connectivity index (χ1n) is 10.3. The molecule has 3 amide bonds. The number of thioether (sulfide) groups is 1. The fourth-order valence-electron chi connectivity index (χ4n) is 3.28. The first kappa shape index (κ1) is 27.7. The van der Waals surface area contributed by atoms with Crippen LogP contribution in [0.1, 0.15) is 39.0 Å². The molecule has 0 aliphatic carbocycles. The van der Waals surface area contributed by atoms with Gasteiger partial charge in [0, 0.05) is 13.0 Å². The van der Waals surface area contributed by atoms with Gasteiger partial charge in [-0.3, -0.25) is 19.2 Å². The van der Waals surface area contributed by atoms with E-state index in [0.29, 0.717) is 12.2 Å². The summed E-state index contributed by atoms with van der Waals surface area (Å²) in [5, 5.41) is 32.8. The number of carboxylic acid groups (broad SMARTS) is 2. The molecular weight excluding hydrogens is 444 g/mol. The van der Waals surface area contributed by atoms with Gasteiger partial charge in [0.25, 0.3) is 0 Å². The Morgan fingerprint density at radius 1 is 1.09 bits per heavy atom. The minimum absolute atomic E-state index is 0.186. The molecule has 0 aromatic carbocycles. The van der Waals surface area contributed by atoms with Crippen LogP contribution in [0.3, 0.4) is 0 Å². The van der Waals surface area contributed by atoms with Crippen molar-refractivity contribution < 1.29 is 39.3 Å². The normalized spacial score (nSPS) is 19.5. The molecule has 32 heavy (non-hydrogen) atoms. The Hall–Kier alpha value is -2.38. The van der Waals surface area contributed by atoms with Crippen molar-refractivity contribution in [2.75, 3.05) is 18.6 Å². The van der Waals surface area contributed by atoms with Gasteiger partial charge in [-0.1, -0.05) is 0 Å². The fourth-order valence-corrected chi connectivity index (χ4v) is 3.75. The van der Waals surface area contributed by atoms with Gasteiger partial charge in [-0.25, -0.2) is 4.79 Å². The van der Waals surface area contributed by atoms with Crippen molar-refractivity contribution >= 4 is 41.4 Å². The molecular formula is C19H32N4O8S. The molecule has 1 fully saturated rings. The lowest BCUT2D eigenvalue weighted by Crippen LogP contribution is -2.58. The number of nitrogens with one attached hydrogen (secondary N) is 2. The van der Waals surface area contributed by atoms with Gasteiger partial charge in [-0.05, 0) is 44.6 Å². The first-order valence-corrected chi connectivity index (χ1v) is 11.7. The number of nitrogens with zero attached hydrogens (tertiary/aromatic N) is 1. The second kappa shape index (κ2) is 13.2. The number of aliphatic hydroxyl groups excluding tert-OH is 1. The number of likely N-dealkylation sites (tertiary alicyclic amines) is 1. The monoisotopic (exact) mass is 476 g/mol. The third-order valence-corrected chi connectivity index (χ3v) is 5.79. The molecule has 12 nitrogen and oxygen atoms in total. The Kier molecular flexibility index (Phi) is 11.4. The Bertz CT molecular complexity index is 705. The summed E-state index contributed by atoms with van der Waals surface area (Å²) < 4.78 is 0. The topological polar surface area (TPSA) is 199 Å². The van der Waals surface area contributed by atoms with Crippen molar-refractivity contribution in [3.05, 3.63) is 0 Å². The average molecular weight is 477 g/mol. The summed E-state index contributed by atoms with van der Waals surface area (Å²) in [6.07, 6.45) is 0.947. The maximum atomic E-state index is 13.0. The highest BCUT2D eigenvalue weighted by atomic mass is 32.2. The molecule has 0 saturated carbocycles. The van der Waals surface area contributed by atoms with Crippen molar-refractivity contribution in [1.82, 2.24) is 15.5 Å². The third-order valence-electron chi connectivity index (χ3n) is 5.15. The summed E-state index contributed by atoms with van der Waals surface area (Å²) in [5.41, 5.74) is 5.61. The Morgan fingerprint density at radius 3 is 2.25 bits per heavy atom. The van der Waals surface area contributed by atoms with E-state index >= 15 is 0 Å². The molecule has 0 bridgehead atoms. The van der Waals surface area contributed by atoms with Crippen molar-refractivity contribution in [3.63, 3.8) is 0 Å². The zero-order chi connectivity index (χ0) is 24.4. The number of nitrogens with two attached hydrogens (primary N) is 1. The SMILES string of the molecule is CSCCC(NC(=O)C(N)C(C)O)C(=O)NC(CCC(=O)O)C(=O)N1CCCC1C(=O)O. The van der Waals surface area contributed by atoms with E-state index < -0.39 is 66.4 Å². The minimum atomic E-state index is -1.27. The maximum absolute atomic E-state index is 13.0. The number of aliphatic hydroxyl groups is 1. The number of rotatable bonds is 13. The Morgan fingerprint density at radius 2 is 1.72 bits per heavy atom. The van der Waals surface area contributed by atoms with Crippen LogP contribution in [0.25, 0.3) is 0 Å². The number of carbonyl (C=O) groups excluding carboxylic acids is 3. The van der Waals surface area contributed by atoms with Crippen LogP contribution in [0.4, 0.5) is 0 Å². The van der Waals surface area contributed by atoms with Gasteiger partial charge < -0.3 is 36.6 Å². The predicted molar refractivity (Wildman–Crippen MR) is 116 cm³/mol. The number of carbonyl (C=O) groups is 5. The predicted octanol–water partition coefficient (Wildman–Crippen LogP) is -1.64. The second-order valence-electron chi connectivity index (χ2n) is 7.63. The zero-order valence-corrected chi connectivity index (χ0v) is 19.0. The minimum Gasteiger partial charge on any atom is -0.481 e. The van der Waals surface area contributed by atoms with Gasteiger partial charge in [0.15, 0.2) is 0 Å². The lowest BCUT2D eigenvalue weighted by molar-refractivity contribution is -0.150. The van der Waals surface area contributed by atoms with Crippen LogP contribution < -0.4 is 16.4 Å². The molecule has 1 heterocycles. The number of hydrogen-bond donors (Lipinski definition) is 6. The van der Waals surface area contributed by atoms with E-state index in [4.69, 9.17) is 10.8 Å². The van der Waals surface area contributed by atoms with E-state index in [9.17, 15) is 34.2 Å². The largest absolute Gasteiger partial charge is 0.481 e. The quantitative estimate of drug-likeness (QED) is 0.179. The second-order valence-corrected chi connectivity index (χ2v) is 8.62. The van der Waals surface area contributed by atoms with Crippen molar-refractivity contribution in [2.24, 2.45) is 5.73 Å². The van der Waals surface area contributed by atoms with Crippen molar-refractivity contribution in [2.45, 2.75) is 69.3 Å². The van der Waals surface area contributed by atoms with E-state index in [1.807, 2.05) is 0 Å². The van der Waals surface area contributed by atoms with Crippen LogP contribution in [0.15, 0.2) is 0 Å². The van der Waals surface area contributed by atoms with Gasteiger partial charge in [0.05, 0.1) is 6.10 Å². The molecule has 0 aromatic heterocycles. The van der Waals surface area contributed by atoms with E-state index in [1.54, 1.807) is 6.26 Å². The van der Waals surface area contributed by atoms with Gasteiger partial charge in [0.1, 0.15) is 24.2 Å². The fraction of sp³-hybridized carbons (Fsp3) is 0.737. The Balaban J connectivity index is 3.01. The molecule has 0 spiro atoms. The molecule has 1 aliphatic heterocycles. The molecule has 1 saturated heterocycles. The maximum Gasteiger partial charge on any atom is 0.326 e. The summed E-state index contributed by atoms with van der Waals surface area (Å²) >= 11 is 1.42. The van der Waals surface area contributed by atoms with E-state index in [1.165, 1.54) is 18.7 Å². The molecule has 13 heteroatoms. The smallest absolute Gasteiger partial charge is 0.326 e.